The predicted molar refractivity (Wildman–Crippen MR) is 114 cm³/mol. The Hall–Kier alpha value is -2.66. The lowest BCUT2D eigenvalue weighted by Gasteiger charge is -2.23. The van der Waals surface area contributed by atoms with Crippen LogP contribution in [0.15, 0.2) is 59.1 Å². The van der Waals surface area contributed by atoms with Gasteiger partial charge >= 0.3 is 5.97 Å². The van der Waals surface area contributed by atoms with Crippen molar-refractivity contribution in [1.29, 1.82) is 0 Å². The van der Waals surface area contributed by atoms with Gasteiger partial charge in [0.25, 0.3) is 0 Å². The van der Waals surface area contributed by atoms with Crippen molar-refractivity contribution in [2.45, 2.75) is 19.3 Å². The minimum Gasteiger partial charge on any atom is -0.478 e. The third-order valence-electron chi connectivity index (χ3n) is 5.38. The normalized spacial score (nSPS) is 13.7. The molecule has 2 radical (unpaired) electrons. The highest BCUT2D eigenvalue weighted by Gasteiger charge is 2.37. The van der Waals surface area contributed by atoms with Gasteiger partial charge in [-0.2, -0.15) is 0 Å². The van der Waals surface area contributed by atoms with E-state index < -0.39 is 5.97 Å². The number of carboxylic acid groups (broad SMARTS) is 1. The Morgan fingerprint density at radius 1 is 0.964 bits per heavy atom. The Morgan fingerprint density at radius 2 is 1.64 bits per heavy atom. The number of aromatic carboxylic acids is 1. The molecule has 4 rings (SSSR count). The van der Waals surface area contributed by atoms with Crippen LogP contribution in [0.2, 0.25) is 0 Å². The van der Waals surface area contributed by atoms with Crippen LogP contribution in [0.5, 0.6) is 0 Å². The average Bonchev–Trinajstić information content (AvgIpc) is 2.88. The molecule has 0 heterocycles. The van der Waals surface area contributed by atoms with Crippen molar-refractivity contribution < 1.29 is 14.7 Å². The summed E-state index contributed by atoms with van der Waals surface area (Å²) in [7, 11) is 6.04. The van der Waals surface area contributed by atoms with Crippen LogP contribution in [-0.4, -0.2) is 24.7 Å². The van der Waals surface area contributed by atoms with Crippen molar-refractivity contribution >= 4 is 41.0 Å². The lowest BCUT2D eigenvalue weighted by molar-refractivity contribution is 0.0693. The van der Waals surface area contributed by atoms with E-state index in [1.807, 2.05) is 24.3 Å². The van der Waals surface area contributed by atoms with Crippen LogP contribution < -0.4 is 5.46 Å². The quantitative estimate of drug-likeness (QED) is 0.492. The molecule has 0 unspecified atom stereocenters. The molecule has 1 aliphatic carbocycles. The van der Waals surface area contributed by atoms with E-state index in [4.69, 9.17) is 7.85 Å². The number of rotatable bonds is 3. The summed E-state index contributed by atoms with van der Waals surface area (Å²) in [5.41, 5.74) is 5.26. The van der Waals surface area contributed by atoms with E-state index in [0.717, 1.165) is 26.7 Å². The number of hydrogen-bond acceptors (Lipinski definition) is 2. The van der Waals surface area contributed by atoms with E-state index in [9.17, 15) is 14.7 Å². The Morgan fingerprint density at radius 3 is 2.32 bits per heavy atom. The average molecular weight is 431 g/mol. The van der Waals surface area contributed by atoms with Crippen LogP contribution in [0.25, 0.3) is 11.1 Å². The number of hydrogen-bond donors (Lipinski definition) is 1. The van der Waals surface area contributed by atoms with Gasteiger partial charge in [0.05, 0.1) is 5.56 Å². The molecule has 0 bridgehead atoms. The van der Waals surface area contributed by atoms with E-state index in [-0.39, 0.29) is 22.3 Å². The number of carbonyl (C=O) groups is 2. The maximum absolute atomic E-state index is 13.1. The van der Waals surface area contributed by atoms with Crippen LogP contribution in [0.3, 0.4) is 0 Å². The van der Waals surface area contributed by atoms with Gasteiger partial charge in [0.1, 0.15) is 7.85 Å². The van der Waals surface area contributed by atoms with Gasteiger partial charge in [0, 0.05) is 21.0 Å². The van der Waals surface area contributed by atoms with Crippen LogP contribution in [-0.2, 0) is 5.41 Å². The maximum atomic E-state index is 13.1. The Labute approximate surface area is 173 Å². The minimum absolute atomic E-state index is 0.00561. The van der Waals surface area contributed by atoms with E-state index >= 15 is 0 Å². The van der Waals surface area contributed by atoms with Gasteiger partial charge in [-0.15, -0.1) is 0 Å². The van der Waals surface area contributed by atoms with Crippen molar-refractivity contribution in [3.8, 4) is 11.1 Å². The zero-order valence-corrected chi connectivity index (χ0v) is 17.0. The Balaban J connectivity index is 1.87. The summed E-state index contributed by atoms with van der Waals surface area (Å²) in [4.78, 5) is 24.6. The van der Waals surface area contributed by atoms with E-state index in [0.29, 0.717) is 11.0 Å². The topological polar surface area (TPSA) is 54.4 Å². The van der Waals surface area contributed by atoms with Gasteiger partial charge in [0.15, 0.2) is 5.78 Å². The zero-order valence-electron chi connectivity index (χ0n) is 15.4. The summed E-state index contributed by atoms with van der Waals surface area (Å²) in [6, 6.07) is 15.7. The molecule has 0 fully saturated rings. The first-order valence-electron chi connectivity index (χ1n) is 8.83. The molecule has 1 aliphatic rings. The number of carboxylic acids is 1. The first kappa shape index (κ1) is 18.7. The summed E-state index contributed by atoms with van der Waals surface area (Å²) in [6.45, 7) is 4.22. The molecular weight excluding hydrogens is 415 g/mol. The van der Waals surface area contributed by atoms with Crippen LogP contribution in [0.1, 0.15) is 51.3 Å². The van der Waals surface area contributed by atoms with Crippen LogP contribution in [0, 0.1) is 0 Å². The lowest BCUT2D eigenvalue weighted by Crippen LogP contribution is -2.18. The molecule has 0 aromatic heterocycles. The van der Waals surface area contributed by atoms with Crippen molar-refractivity contribution in [2.75, 3.05) is 0 Å². The number of fused-ring (bicyclic) bond motifs is 3. The Bertz CT molecular complexity index is 1160. The third kappa shape index (κ3) is 2.73. The highest BCUT2D eigenvalue weighted by molar-refractivity contribution is 9.10. The van der Waals surface area contributed by atoms with Crippen LogP contribution >= 0.6 is 15.9 Å². The molecule has 5 heteroatoms. The summed E-state index contributed by atoms with van der Waals surface area (Å²) in [6.07, 6.45) is 0. The van der Waals surface area contributed by atoms with E-state index in [2.05, 4.69) is 29.8 Å². The first-order valence-corrected chi connectivity index (χ1v) is 9.62. The molecule has 0 amide bonds. The fraction of sp³-hybridized carbons (Fsp3) is 0.130. The second-order valence-electron chi connectivity index (χ2n) is 7.49. The van der Waals surface area contributed by atoms with Crippen molar-refractivity contribution in [3.05, 3.63) is 86.9 Å². The van der Waals surface area contributed by atoms with E-state index in [1.165, 1.54) is 6.07 Å². The second-order valence-corrected chi connectivity index (χ2v) is 8.34. The standard InChI is InChI=1S/C23H16BBrO3/c1-23(2)18-9-12(21(26)15-5-3-4-6-16(15)22(27)28)7-8-14(18)17-10-13(24)11-19(25)20(17)23/h3-11H,1-2H3,(H,27,28). The number of halogens is 1. The van der Waals surface area contributed by atoms with Gasteiger partial charge in [-0.25, -0.2) is 4.79 Å². The Kier molecular flexibility index (Phi) is 4.31. The van der Waals surface area contributed by atoms with E-state index in [1.54, 1.807) is 24.3 Å². The summed E-state index contributed by atoms with van der Waals surface area (Å²) < 4.78 is 0.938. The fourth-order valence-electron chi connectivity index (χ4n) is 4.07. The number of ketones is 1. The molecule has 136 valence electrons. The minimum atomic E-state index is -1.11. The third-order valence-corrected chi connectivity index (χ3v) is 6.01. The molecule has 3 nitrogen and oxygen atoms in total. The molecule has 0 spiro atoms. The van der Waals surface area contributed by atoms with Gasteiger partial charge in [0.2, 0.25) is 0 Å². The second kappa shape index (κ2) is 6.45. The molecular formula is C23H16BBrO3. The van der Waals surface area contributed by atoms with Crippen molar-refractivity contribution in [3.63, 3.8) is 0 Å². The zero-order chi connectivity index (χ0) is 20.2. The molecule has 28 heavy (non-hydrogen) atoms. The number of benzene rings is 3. The van der Waals surface area contributed by atoms with Crippen LogP contribution in [0.4, 0.5) is 0 Å². The molecule has 3 aromatic carbocycles. The number of carbonyl (C=O) groups excluding carboxylic acids is 1. The monoisotopic (exact) mass is 430 g/mol. The van der Waals surface area contributed by atoms with Gasteiger partial charge in [-0.1, -0.05) is 77.7 Å². The smallest absolute Gasteiger partial charge is 0.336 e. The largest absolute Gasteiger partial charge is 0.478 e. The first-order chi connectivity index (χ1) is 13.2. The predicted octanol–water partition coefficient (Wildman–Crippen LogP) is 4.48. The summed E-state index contributed by atoms with van der Waals surface area (Å²) in [5, 5.41) is 9.40. The molecule has 0 saturated heterocycles. The molecule has 3 aromatic rings. The summed E-state index contributed by atoms with van der Waals surface area (Å²) in [5.74, 6) is -1.41. The highest BCUT2D eigenvalue weighted by atomic mass is 79.9. The SMILES string of the molecule is [B]c1cc(Br)c2c(c1)-c1ccc(C(=O)c3ccccc3C(=O)O)cc1C2(C)C. The molecule has 0 saturated carbocycles. The highest BCUT2D eigenvalue weighted by Crippen LogP contribution is 2.51. The fourth-order valence-corrected chi connectivity index (χ4v) is 5.04. The maximum Gasteiger partial charge on any atom is 0.336 e. The molecule has 0 aliphatic heterocycles. The summed E-state index contributed by atoms with van der Waals surface area (Å²) >= 11 is 3.63. The molecule has 0 atom stereocenters. The van der Waals surface area contributed by atoms with Crippen molar-refractivity contribution in [1.82, 2.24) is 0 Å². The van der Waals surface area contributed by atoms with Gasteiger partial charge < -0.3 is 5.11 Å². The lowest BCUT2D eigenvalue weighted by atomic mass is 9.80. The van der Waals surface area contributed by atoms with Gasteiger partial charge in [-0.05, 0) is 34.4 Å². The van der Waals surface area contributed by atoms with Crippen molar-refractivity contribution in [2.24, 2.45) is 0 Å². The van der Waals surface area contributed by atoms with Gasteiger partial charge in [-0.3, -0.25) is 4.79 Å². The molecule has 1 N–H and O–H groups in total.